The molecule has 0 spiro atoms. The zero-order chi connectivity index (χ0) is 14.1. The SMILES string of the molecule is CCc1cc(C(=O)O)cc(NCCOCCOC)n1. The van der Waals surface area contributed by atoms with Gasteiger partial charge in [0.05, 0.1) is 25.4 Å². The van der Waals surface area contributed by atoms with Crippen molar-refractivity contribution in [3.05, 3.63) is 23.4 Å². The average Bonchev–Trinajstić information content (AvgIpc) is 2.42. The molecule has 6 heteroatoms. The Morgan fingerprint density at radius 2 is 2.16 bits per heavy atom. The van der Waals surface area contributed by atoms with E-state index in [1.807, 2.05) is 6.92 Å². The van der Waals surface area contributed by atoms with E-state index in [9.17, 15) is 4.79 Å². The maximum absolute atomic E-state index is 11.0. The van der Waals surface area contributed by atoms with Gasteiger partial charge in [-0.2, -0.15) is 0 Å². The van der Waals surface area contributed by atoms with Crippen LogP contribution in [0.25, 0.3) is 0 Å². The number of aromatic carboxylic acids is 1. The molecule has 1 rings (SSSR count). The van der Waals surface area contributed by atoms with Crippen molar-refractivity contribution in [3.8, 4) is 0 Å². The lowest BCUT2D eigenvalue weighted by Crippen LogP contribution is -2.13. The first kappa shape index (κ1) is 15.4. The maximum Gasteiger partial charge on any atom is 0.335 e. The third-order valence-electron chi connectivity index (χ3n) is 2.47. The van der Waals surface area contributed by atoms with Gasteiger partial charge in [-0.3, -0.25) is 0 Å². The minimum atomic E-state index is -0.948. The van der Waals surface area contributed by atoms with Crippen LogP contribution in [0.5, 0.6) is 0 Å². The van der Waals surface area contributed by atoms with Gasteiger partial charge in [0.1, 0.15) is 5.82 Å². The number of nitrogens with one attached hydrogen (secondary N) is 1. The summed E-state index contributed by atoms with van der Waals surface area (Å²) in [5.41, 5.74) is 0.998. The highest BCUT2D eigenvalue weighted by molar-refractivity contribution is 5.88. The van der Waals surface area contributed by atoms with Crippen LogP contribution >= 0.6 is 0 Å². The number of pyridine rings is 1. The highest BCUT2D eigenvalue weighted by Crippen LogP contribution is 2.11. The molecule has 0 unspecified atom stereocenters. The molecule has 0 atom stereocenters. The summed E-state index contributed by atoms with van der Waals surface area (Å²) in [7, 11) is 1.62. The van der Waals surface area contributed by atoms with Crippen LogP contribution in [-0.2, 0) is 15.9 Å². The summed E-state index contributed by atoms with van der Waals surface area (Å²) < 4.78 is 10.2. The fourth-order valence-electron chi connectivity index (χ4n) is 1.48. The van der Waals surface area contributed by atoms with Gasteiger partial charge >= 0.3 is 5.97 Å². The molecule has 1 aromatic heterocycles. The molecule has 0 aliphatic rings. The van der Waals surface area contributed by atoms with E-state index in [0.717, 1.165) is 5.69 Å². The molecule has 0 aromatic carbocycles. The second kappa shape index (κ2) is 8.44. The number of methoxy groups -OCH3 is 1. The Bertz CT molecular complexity index is 410. The van der Waals surface area contributed by atoms with E-state index in [4.69, 9.17) is 14.6 Å². The van der Waals surface area contributed by atoms with Crippen LogP contribution in [0.2, 0.25) is 0 Å². The van der Waals surface area contributed by atoms with E-state index in [1.165, 1.54) is 6.07 Å². The van der Waals surface area contributed by atoms with Crippen molar-refractivity contribution in [2.75, 3.05) is 38.8 Å². The maximum atomic E-state index is 11.0. The first-order valence-electron chi connectivity index (χ1n) is 6.22. The molecular weight excluding hydrogens is 248 g/mol. The normalized spacial score (nSPS) is 10.4. The van der Waals surface area contributed by atoms with Crippen molar-refractivity contribution < 1.29 is 19.4 Å². The molecular formula is C13H20N2O4. The summed E-state index contributed by atoms with van der Waals surface area (Å²) in [6, 6.07) is 3.11. The average molecular weight is 268 g/mol. The molecule has 0 amide bonds. The number of rotatable bonds is 9. The number of ether oxygens (including phenoxy) is 2. The number of hydrogen-bond acceptors (Lipinski definition) is 5. The first-order chi connectivity index (χ1) is 9.17. The summed E-state index contributed by atoms with van der Waals surface area (Å²) in [5.74, 6) is -0.386. The van der Waals surface area contributed by atoms with E-state index in [1.54, 1.807) is 13.2 Å². The molecule has 0 fully saturated rings. The quantitative estimate of drug-likeness (QED) is 0.659. The monoisotopic (exact) mass is 268 g/mol. The fraction of sp³-hybridized carbons (Fsp3) is 0.538. The van der Waals surface area contributed by atoms with Gasteiger partial charge in [-0.15, -0.1) is 0 Å². The smallest absolute Gasteiger partial charge is 0.335 e. The highest BCUT2D eigenvalue weighted by Gasteiger charge is 2.07. The van der Waals surface area contributed by atoms with Crippen LogP contribution in [0.4, 0.5) is 5.82 Å². The lowest BCUT2D eigenvalue weighted by Gasteiger charge is -2.09. The van der Waals surface area contributed by atoms with Gasteiger partial charge in [-0.05, 0) is 18.6 Å². The molecule has 6 nitrogen and oxygen atoms in total. The number of anilines is 1. The molecule has 0 bridgehead atoms. The van der Waals surface area contributed by atoms with Gasteiger partial charge in [-0.25, -0.2) is 9.78 Å². The summed E-state index contributed by atoms with van der Waals surface area (Å²) in [4.78, 5) is 15.3. The van der Waals surface area contributed by atoms with Crippen molar-refractivity contribution >= 4 is 11.8 Å². The Hall–Kier alpha value is -1.66. The van der Waals surface area contributed by atoms with Crippen LogP contribution in [0.1, 0.15) is 23.0 Å². The minimum absolute atomic E-state index is 0.245. The largest absolute Gasteiger partial charge is 0.478 e. The predicted molar refractivity (Wildman–Crippen MR) is 71.8 cm³/mol. The first-order valence-corrected chi connectivity index (χ1v) is 6.22. The Kier molecular flexibility index (Phi) is 6.84. The van der Waals surface area contributed by atoms with Crippen LogP contribution in [-0.4, -0.2) is 49.5 Å². The number of carboxylic acid groups (broad SMARTS) is 1. The topological polar surface area (TPSA) is 80.7 Å². The van der Waals surface area contributed by atoms with Gasteiger partial charge in [0.15, 0.2) is 0 Å². The Morgan fingerprint density at radius 3 is 2.79 bits per heavy atom. The summed E-state index contributed by atoms with van der Waals surface area (Å²) in [5, 5.41) is 12.1. The number of carboxylic acids is 1. The van der Waals surface area contributed by atoms with Crippen molar-refractivity contribution in [2.24, 2.45) is 0 Å². The standard InChI is InChI=1S/C13H20N2O4/c1-3-11-8-10(13(16)17)9-12(15-11)14-4-5-19-7-6-18-2/h8-9H,3-7H2,1-2H3,(H,14,15)(H,16,17). The third kappa shape index (κ3) is 5.67. The Morgan fingerprint density at radius 1 is 1.37 bits per heavy atom. The molecule has 0 saturated heterocycles. The Balaban J connectivity index is 2.48. The van der Waals surface area contributed by atoms with E-state index >= 15 is 0 Å². The van der Waals surface area contributed by atoms with Gasteiger partial charge in [0.25, 0.3) is 0 Å². The molecule has 2 N–H and O–H groups in total. The van der Waals surface area contributed by atoms with E-state index in [2.05, 4.69) is 10.3 Å². The van der Waals surface area contributed by atoms with Gasteiger partial charge in [0.2, 0.25) is 0 Å². The molecule has 1 heterocycles. The molecule has 0 aliphatic carbocycles. The number of carbonyl (C=O) groups is 1. The summed E-state index contributed by atoms with van der Waals surface area (Å²) in [6.07, 6.45) is 0.695. The third-order valence-corrected chi connectivity index (χ3v) is 2.47. The summed E-state index contributed by atoms with van der Waals surface area (Å²) in [6.45, 7) is 4.13. The van der Waals surface area contributed by atoms with Crippen LogP contribution in [0.15, 0.2) is 12.1 Å². The van der Waals surface area contributed by atoms with Crippen LogP contribution in [0, 0.1) is 0 Å². The zero-order valence-corrected chi connectivity index (χ0v) is 11.3. The molecule has 19 heavy (non-hydrogen) atoms. The molecule has 0 saturated carbocycles. The van der Waals surface area contributed by atoms with Crippen molar-refractivity contribution in [1.82, 2.24) is 4.98 Å². The number of aromatic nitrogens is 1. The van der Waals surface area contributed by atoms with Crippen molar-refractivity contribution in [3.63, 3.8) is 0 Å². The lowest BCUT2D eigenvalue weighted by molar-refractivity contribution is 0.0696. The second-order valence-electron chi connectivity index (χ2n) is 3.92. The minimum Gasteiger partial charge on any atom is -0.478 e. The molecule has 0 radical (unpaired) electrons. The van der Waals surface area contributed by atoms with Gasteiger partial charge in [-0.1, -0.05) is 6.92 Å². The van der Waals surface area contributed by atoms with Gasteiger partial charge in [0, 0.05) is 19.3 Å². The lowest BCUT2D eigenvalue weighted by atomic mass is 10.2. The van der Waals surface area contributed by atoms with Crippen LogP contribution in [0.3, 0.4) is 0 Å². The fourth-order valence-corrected chi connectivity index (χ4v) is 1.48. The summed E-state index contributed by atoms with van der Waals surface area (Å²) >= 11 is 0. The van der Waals surface area contributed by atoms with E-state index in [-0.39, 0.29) is 5.56 Å². The Labute approximate surface area is 112 Å². The van der Waals surface area contributed by atoms with Crippen LogP contribution < -0.4 is 5.32 Å². The van der Waals surface area contributed by atoms with E-state index in [0.29, 0.717) is 38.6 Å². The second-order valence-corrected chi connectivity index (χ2v) is 3.92. The van der Waals surface area contributed by atoms with Gasteiger partial charge < -0.3 is 19.9 Å². The van der Waals surface area contributed by atoms with Crippen molar-refractivity contribution in [1.29, 1.82) is 0 Å². The molecule has 106 valence electrons. The van der Waals surface area contributed by atoms with E-state index < -0.39 is 5.97 Å². The highest BCUT2D eigenvalue weighted by atomic mass is 16.5. The predicted octanol–water partition coefficient (Wildman–Crippen LogP) is 1.42. The number of hydrogen-bond donors (Lipinski definition) is 2. The molecule has 0 aliphatic heterocycles. The molecule has 1 aromatic rings. The number of aryl methyl sites for hydroxylation is 1. The number of nitrogens with zero attached hydrogens (tertiary/aromatic N) is 1. The van der Waals surface area contributed by atoms with Crippen molar-refractivity contribution in [2.45, 2.75) is 13.3 Å². The zero-order valence-electron chi connectivity index (χ0n) is 11.3.